The average Bonchev–Trinajstić information content (AvgIpc) is 2.63. The summed E-state index contributed by atoms with van der Waals surface area (Å²) in [6, 6.07) is 24.1. The molecule has 4 nitrogen and oxygen atoms in total. The van der Waals surface area contributed by atoms with Gasteiger partial charge in [0.15, 0.2) is 0 Å². The summed E-state index contributed by atoms with van der Waals surface area (Å²) >= 11 is 5.97. The zero-order chi connectivity index (χ0) is 18.4. The van der Waals surface area contributed by atoms with Crippen LogP contribution < -0.4 is 10.0 Å². The van der Waals surface area contributed by atoms with Crippen molar-refractivity contribution in [1.82, 2.24) is 0 Å². The minimum absolute atomic E-state index is 0.0412. The van der Waals surface area contributed by atoms with Crippen LogP contribution in [0.3, 0.4) is 0 Å². The Labute approximate surface area is 158 Å². The highest BCUT2D eigenvalue weighted by molar-refractivity contribution is 7.92. The highest BCUT2D eigenvalue weighted by atomic mass is 35.5. The molecule has 134 valence electrons. The van der Waals surface area contributed by atoms with Gasteiger partial charge in [0.05, 0.1) is 5.75 Å². The molecule has 0 aliphatic carbocycles. The monoisotopic (exact) mass is 386 g/mol. The Morgan fingerprint density at radius 1 is 0.769 bits per heavy atom. The molecule has 3 aromatic rings. The van der Waals surface area contributed by atoms with E-state index in [-0.39, 0.29) is 5.75 Å². The molecule has 0 aliphatic rings. The molecule has 26 heavy (non-hydrogen) atoms. The van der Waals surface area contributed by atoms with Crippen LogP contribution in [0.15, 0.2) is 78.9 Å². The Kier molecular flexibility index (Phi) is 5.81. The Bertz CT molecular complexity index is 959. The van der Waals surface area contributed by atoms with Gasteiger partial charge in [-0.1, -0.05) is 48.0 Å². The Balaban J connectivity index is 1.59. The zero-order valence-electron chi connectivity index (χ0n) is 14.0. The zero-order valence-corrected chi connectivity index (χ0v) is 15.6. The number of hydrogen-bond donors (Lipinski definition) is 2. The summed E-state index contributed by atoms with van der Waals surface area (Å²) in [6.45, 7) is 0. The lowest BCUT2D eigenvalue weighted by Gasteiger charge is -2.10. The SMILES string of the molecule is O=S(=O)(CCc1ccccc1)Nc1ccc(Nc2cccc(Cl)c2)cc1. The van der Waals surface area contributed by atoms with Crippen molar-refractivity contribution in [3.63, 3.8) is 0 Å². The minimum Gasteiger partial charge on any atom is -0.355 e. The maximum atomic E-state index is 12.2. The molecule has 0 aliphatic heterocycles. The van der Waals surface area contributed by atoms with Crippen LogP contribution in [0.25, 0.3) is 0 Å². The first-order valence-electron chi connectivity index (χ1n) is 8.17. The first-order valence-corrected chi connectivity index (χ1v) is 10.2. The number of halogens is 1. The van der Waals surface area contributed by atoms with Gasteiger partial charge in [0.25, 0.3) is 0 Å². The van der Waals surface area contributed by atoms with Crippen molar-refractivity contribution >= 4 is 38.7 Å². The number of sulfonamides is 1. The normalized spacial score (nSPS) is 11.1. The van der Waals surface area contributed by atoms with Gasteiger partial charge in [-0.3, -0.25) is 4.72 Å². The molecule has 0 amide bonds. The summed E-state index contributed by atoms with van der Waals surface area (Å²) < 4.78 is 27.1. The molecule has 0 aromatic heterocycles. The summed E-state index contributed by atoms with van der Waals surface area (Å²) in [4.78, 5) is 0. The molecule has 0 heterocycles. The van der Waals surface area contributed by atoms with Crippen molar-refractivity contribution in [3.05, 3.63) is 89.4 Å². The third kappa shape index (κ3) is 5.51. The number of aryl methyl sites for hydroxylation is 1. The maximum Gasteiger partial charge on any atom is 0.233 e. The number of nitrogens with one attached hydrogen (secondary N) is 2. The van der Waals surface area contributed by atoms with Crippen molar-refractivity contribution in [2.75, 3.05) is 15.8 Å². The molecular weight excluding hydrogens is 368 g/mol. The molecule has 0 atom stereocenters. The van der Waals surface area contributed by atoms with E-state index in [1.807, 2.05) is 60.7 Å². The third-order valence-electron chi connectivity index (χ3n) is 3.77. The van der Waals surface area contributed by atoms with E-state index in [1.54, 1.807) is 18.2 Å². The van der Waals surface area contributed by atoms with Gasteiger partial charge in [-0.15, -0.1) is 0 Å². The van der Waals surface area contributed by atoms with Gasteiger partial charge in [0.2, 0.25) is 10.0 Å². The number of hydrogen-bond acceptors (Lipinski definition) is 3. The van der Waals surface area contributed by atoms with Crippen LogP contribution in [0.5, 0.6) is 0 Å². The molecule has 2 N–H and O–H groups in total. The van der Waals surface area contributed by atoms with Crippen LogP contribution in [-0.2, 0) is 16.4 Å². The largest absolute Gasteiger partial charge is 0.355 e. The fraction of sp³-hybridized carbons (Fsp3) is 0.100. The second-order valence-corrected chi connectivity index (χ2v) is 8.15. The van der Waals surface area contributed by atoms with Gasteiger partial charge in [0.1, 0.15) is 0 Å². The van der Waals surface area contributed by atoms with Crippen molar-refractivity contribution in [3.8, 4) is 0 Å². The van der Waals surface area contributed by atoms with Gasteiger partial charge >= 0.3 is 0 Å². The molecule has 0 spiro atoms. The van der Waals surface area contributed by atoms with Crippen molar-refractivity contribution in [2.24, 2.45) is 0 Å². The summed E-state index contributed by atoms with van der Waals surface area (Å²) in [5.41, 5.74) is 3.25. The predicted molar refractivity (Wildman–Crippen MR) is 109 cm³/mol. The first-order chi connectivity index (χ1) is 12.5. The highest BCUT2D eigenvalue weighted by Crippen LogP contribution is 2.22. The molecule has 3 rings (SSSR count). The maximum absolute atomic E-state index is 12.2. The standard InChI is InChI=1S/C20H19ClN2O2S/c21-17-7-4-8-20(15-17)22-18-9-11-19(12-10-18)23-26(24,25)14-13-16-5-2-1-3-6-16/h1-12,15,22-23H,13-14H2. The van der Waals surface area contributed by atoms with Gasteiger partial charge in [-0.05, 0) is 54.4 Å². The predicted octanol–water partition coefficient (Wildman–Crippen LogP) is 5.07. The Morgan fingerprint density at radius 3 is 2.15 bits per heavy atom. The Hall–Kier alpha value is -2.50. The first kappa shape index (κ1) is 18.3. The van der Waals surface area contributed by atoms with Crippen molar-refractivity contribution in [1.29, 1.82) is 0 Å². The molecule has 0 fully saturated rings. The third-order valence-corrected chi connectivity index (χ3v) is 5.30. The van der Waals surface area contributed by atoms with Gasteiger partial charge in [0, 0.05) is 22.1 Å². The van der Waals surface area contributed by atoms with Crippen LogP contribution in [0.4, 0.5) is 17.1 Å². The second kappa shape index (κ2) is 8.25. The van der Waals surface area contributed by atoms with Gasteiger partial charge < -0.3 is 5.32 Å². The van der Waals surface area contributed by atoms with E-state index in [1.165, 1.54) is 0 Å². The lowest BCUT2D eigenvalue weighted by Crippen LogP contribution is -2.18. The quantitative estimate of drug-likeness (QED) is 0.596. The Morgan fingerprint density at radius 2 is 1.46 bits per heavy atom. The van der Waals surface area contributed by atoms with E-state index in [0.717, 1.165) is 16.9 Å². The van der Waals surface area contributed by atoms with E-state index in [4.69, 9.17) is 11.6 Å². The average molecular weight is 387 g/mol. The number of rotatable bonds is 7. The molecule has 6 heteroatoms. The lowest BCUT2D eigenvalue weighted by molar-refractivity contribution is 0.600. The van der Waals surface area contributed by atoms with E-state index in [2.05, 4.69) is 10.0 Å². The molecule has 0 unspecified atom stereocenters. The second-order valence-electron chi connectivity index (χ2n) is 5.87. The summed E-state index contributed by atoms with van der Waals surface area (Å²) in [7, 11) is -3.40. The number of anilines is 3. The molecule has 0 saturated heterocycles. The molecule has 0 bridgehead atoms. The van der Waals surface area contributed by atoms with Gasteiger partial charge in [-0.2, -0.15) is 0 Å². The van der Waals surface area contributed by atoms with Crippen LogP contribution in [0.1, 0.15) is 5.56 Å². The summed E-state index contributed by atoms with van der Waals surface area (Å²) in [5.74, 6) is 0.0412. The van der Waals surface area contributed by atoms with Crippen LogP contribution in [0.2, 0.25) is 5.02 Å². The van der Waals surface area contributed by atoms with Crippen LogP contribution in [-0.4, -0.2) is 14.2 Å². The minimum atomic E-state index is -3.40. The van der Waals surface area contributed by atoms with Crippen LogP contribution >= 0.6 is 11.6 Å². The lowest BCUT2D eigenvalue weighted by atomic mass is 10.2. The summed E-state index contributed by atoms with van der Waals surface area (Å²) in [5, 5.41) is 3.87. The molecule has 0 saturated carbocycles. The van der Waals surface area contributed by atoms with Gasteiger partial charge in [-0.25, -0.2) is 8.42 Å². The fourth-order valence-corrected chi connectivity index (χ4v) is 3.77. The molecule has 3 aromatic carbocycles. The fourth-order valence-electron chi connectivity index (χ4n) is 2.48. The van der Waals surface area contributed by atoms with E-state index in [0.29, 0.717) is 17.1 Å². The molecular formula is C20H19ClN2O2S. The van der Waals surface area contributed by atoms with E-state index in [9.17, 15) is 8.42 Å². The summed E-state index contributed by atoms with van der Waals surface area (Å²) in [6.07, 6.45) is 0.477. The van der Waals surface area contributed by atoms with E-state index >= 15 is 0 Å². The van der Waals surface area contributed by atoms with Crippen LogP contribution in [0, 0.1) is 0 Å². The van der Waals surface area contributed by atoms with E-state index < -0.39 is 10.0 Å². The van der Waals surface area contributed by atoms with Crippen molar-refractivity contribution in [2.45, 2.75) is 6.42 Å². The topological polar surface area (TPSA) is 58.2 Å². The smallest absolute Gasteiger partial charge is 0.233 e. The molecule has 0 radical (unpaired) electrons. The van der Waals surface area contributed by atoms with Crippen molar-refractivity contribution < 1.29 is 8.42 Å². The highest BCUT2D eigenvalue weighted by Gasteiger charge is 2.10. The number of benzene rings is 3.